The van der Waals surface area contributed by atoms with E-state index >= 15 is 0 Å². The first-order valence-corrected chi connectivity index (χ1v) is 11.5. The fraction of sp³-hybridized carbons (Fsp3) is 0.0870. The predicted octanol–water partition coefficient (Wildman–Crippen LogP) is 6.01. The van der Waals surface area contributed by atoms with E-state index in [-0.39, 0.29) is 5.91 Å². The minimum atomic E-state index is -0.332. The Hall–Kier alpha value is -2.87. The second-order valence-corrected chi connectivity index (χ2v) is 8.89. The Kier molecular flexibility index (Phi) is 6.86. The molecule has 2 aromatic carbocycles. The molecule has 8 heteroatoms. The summed E-state index contributed by atoms with van der Waals surface area (Å²) < 4.78 is 6.43. The molecule has 2 aromatic heterocycles. The quantitative estimate of drug-likeness (QED) is 0.205. The summed E-state index contributed by atoms with van der Waals surface area (Å²) in [5, 5.41) is 6.37. The van der Waals surface area contributed by atoms with E-state index in [1.54, 1.807) is 31.3 Å². The molecule has 0 unspecified atom stereocenters. The van der Waals surface area contributed by atoms with Crippen molar-refractivity contribution in [3.8, 4) is 5.75 Å². The Morgan fingerprint density at radius 1 is 1.23 bits per heavy atom. The van der Waals surface area contributed by atoms with Crippen LogP contribution in [0.3, 0.4) is 0 Å². The highest BCUT2D eigenvalue weighted by molar-refractivity contribution is 7.98. The van der Waals surface area contributed by atoms with Gasteiger partial charge in [-0.3, -0.25) is 4.79 Å². The number of aromatic nitrogens is 1. The minimum Gasteiger partial charge on any atom is -0.496 e. The van der Waals surface area contributed by atoms with Crippen LogP contribution >= 0.6 is 34.7 Å². The molecule has 0 saturated carbocycles. The number of amides is 1. The Bertz CT molecular complexity index is 1240. The summed E-state index contributed by atoms with van der Waals surface area (Å²) >= 11 is 9.33. The number of carbonyl (C=O) groups excluding carboxylic acids is 1. The summed E-state index contributed by atoms with van der Waals surface area (Å²) in [5.41, 5.74) is 4.43. The lowest BCUT2D eigenvalue weighted by Crippen LogP contribution is -2.16. The van der Waals surface area contributed by atoms with E-state index in [0.717, 1.165) is 32.0 Å². The second-order valence-electron chi connectivity index (χ2n) is 6.47. The smallest absolute Gasteiger partial charge is 0.283 e. The second kappa shape index (κ2) is 9.96. The molecule has 0 radical (unpaired) electrons. The topological polar surface area (TPSA) is 63.6 Å². The molecule has 0 saturated heterocycles. The molecule has 0 aliphatic heterocycles. The van der Waals surface area contributed by atoms with Gasteiger partial charge in [0.25, 0.3) is 5.91 Å². The average molecular weight is 468 g/mol. The Balaban J connectivity index is 1.45. The molecule has 31 heavy (non-hydrogen) atoms. The molecule has 4 rings (SSSR count). The number of pyridine rings is 1. The van der Waals surface area contributed by atoms with Gasteiger partial charge in [-0.2, -0.15) is 5.10 Å². The van der Waals surface area contributed by atoms with Gasteiger partial charge in [0.1, 0.15) is 10.6 Å². The first-order valence-electron chi connectivity index (χ1n) is 9.37. The van der Waals surface area contributed by atoms with E-state index in [1.807, 2.05) is 60.7 Å². The first kappa shape index (κ1) is 21.4. The van der Waals surface area contributed by atoms with Gasteiger partial charge in [-0.1, -0.05) is 35.9 Å². The van der Waals surface area contributed by atoms with Gasteiger partial charge in [0.15, 0.2) is 0 Å². The molecule has 5 nitrogen and oxygen atoms in total. The maximum atomic E-state index is 12.5. The average Bonchev–Trinajstić information content (AvgIpc) is 3.15. The van der Waals surface area contributed by atoms with E-state index in [9.17, 15) is 4.79 Å². The summed E-state index contributed by atoms with van der Waals surface area (Å²) in [6, 6.07) is 19.2. The van der Waals surface area contributed by atoms with Crippen LogP contribution < -0.4 is 10.2 Å². The largest absolute Gasteiger partial charge is 0.496 e. The molecule has 0 spiro atoms. The number of benzene rings is 2. The molecule has 0 bridgehead atoms. The van der Waals surface area contributed by atoms with Crippen molar-refractivity contribution in [2.75, 3.05) is 7.11 Å². The van der Waals surface area contributed by atoms with Gasteiger partial charge >= 0.3 is 0 Å². The lowest BCUT2D eigenvalue weighted by atomic mass is 10.1. The van der Waals surface area contributed by atoms with Crippen molar-refractivity contribution in [1.29, 1.82) is 0 Å². The van der Waals surface area contributed by atoms with Crippen LogP contribution in [0.2, 0.25) is 5.02 Å². The van der Waals surface area contributed by atoms with Crippen molar-refractivity contribution in [3.05, 3.63) is 87.9 Å². The number of methoxy groups -OCH3 is 1. The molecular weight excluding hydrogens is 450 g/mol. The molecule has 0 atom stereocenters. The zero-order valence-corrected chi connectivity index (χ0v) is 18.9. The van der Waals surface area contributed by atoms with E-state index in [1.165, 1.54) is 11.3 Å². The van der Waals surface area contributed by atoms with Crippen molar-refractivity contribution in [2.24, 2.45) is 5.10 Å². The monoisotopic (exact) mass is 467 g/mol. The summed E-state index contributed by atoms with van der Waals surface area (Å²) in [4.78, 5) is 17.3. The fourth-order valence-electron chi connectivity index (χ4n) is 2.95. The first-order chi connectivity index (χ1) is 15.2. The van der Waals surface area contributed by atoms with Crippen LogP contribution in [0.15, 0.2) is 77.0 Å². The molecule has 0 aliphatic carbocycles. The fourth-order valence-corrected chi connectivity index (χ4v) is 5.20. The van der Waals surface area contributed by atoms with Gasteiger partial charge in [-0.25, -0.2) is 10.4 Å². The van der Waals surface area contributed by atoms with E-state index < -0.39 is 0 Å². The van der Waals surface area contributed by atoms with Gasteiger partial charge in [-0.05, 0) is 42.0 Å². The zero-order chi connectivity index (χ0) is 21.6. The molecule has 0 aliphatic rings. The number of hydrogen-bond acceptors (Lipinski definition) is 6. The molecular formula is C23H18ClN3O2S2. The predicted molar refractivity (Wildman–Crippen MR) is 129 cm³/mol. The Morgan fingerprint density at radius 2 is 2.06 bits per heavy atom. The maximum Gasteiger partial charge on any atom is 0.283 e. The van der Waals surface area contributed by atoms with Gasteiger partial charge in [0.2, 0.25) is 0 Å². The number of ether oxygens (including phenoxy) is 1. The summed E-state index contributed by atoms with van der Waals surface area (Å²) in [6.07, 6.45) is 3.38. The number of fused-ring (bicyclic) bond motifs is 1. The number of nitrogens with zero attached hydrogens (tertiary/aromatic N) is 2. The van der Waals surface area contributed by atoms with Crippen molar-refractivity contribution < 1.29 is 9.53 Å². The van der Waals surface area contributed by atoms with Gasteiger partial charge < -0.3 is 4.74 Å². The van der Waals surface area contributed by atoms with Crippen LogP contribution in [-0.4, -0.2) is 24.2 Å². The Morgan fingerprint density at radius 3 is 2.84 bits per heavy atom. The number of hydrazone groups is 1. The standard InChI is InChI=1S/C23H18ClN3O2S2/c1-29-18-10-9-15(12-16(18)14-30-20-8-4-5-11-25-20)13-26-27-23(28)22-21(24)17-6-2-3-7-19(17)31-22/h2-13H,14H2,1H3,(H,27,28)/b26-13+. The van der Waals surface area contributed by atoms with Crippen LogP contribution in [0.25, 0.3) is 10.1 Å². The highest BCUT2D eigenvalue weighted by Gasteiger charge is 2.16. The SMILES string of the molecule is COc1ccc(/C=N/NC(=O)c2sc3ccccc3c2Cl)cc1CSc1ccccn1. The van der Waals surface area contributed by atoms with Crippen molar-refractivity contribution in [1.82, 2.24) is 10.4 Å². The molecule has 0 fully saturated rings. The number of hydrogen-bond donors (Lipinski definition) is 1. The van der Waals surface area contributed by atoms with Crippen LogP contribution in [-0.2, 0) is 5.75 Å². The van der Waals surface area contributed by atoms with Crippen LogP contribution in [0.5, 0.6) is 5.75 Å². The highest BCUT2D eigenvalue weighted by atomic mass is 35.5. The molecule has 4 aromatic rings. The van der Waals surface area contributed by atoms with E-state index in [4.69, 9.17) is 16.3 Å². The van der Waals surface area contributed by atoms with Gasteiger partial charge in [0, 0.05) is 27.6 Å². The highest BCUT2D eigenvalue weighted by Crippen LogP contribution is 2.35. The lowest BCUT2D eigenvalue weighted by Gasteiger charge is -2.09. The van der Waals surface area contributed by atoms with E-state index in [0.29, 0.717) is 15.7 Å². The van der Waals surface area contributed by atoms with Crippen molar-refractivity contribution >= 4 is 56.9 Å². The number of halogens is 1. The van der Waals surface area contributed by atoms with Crippen LogP contribution in [0.4, 0.5) is 0 Å². The van der Waals surface area contributed by atoms with Gasteiger partial charge in [-0.15, -0.1) is 23.1 Å². The normalized spacial score (nSPS) is 11.2. The summed E-state index contributed by atoms with van der Waals surface area (Å²) in [5.74, 6) is 1.16. The zero-order valence-electron chi connectivity index (χ0n) is 16.5. The number of thioether (sulfide) groups is 1. The number of rotatable bonds is 7. The van der Waals surface area contributed by atoms with Crippen LogP contribution in [0.1, 0.15) is 20.8 Å². The maximum absolute atomic E-state index is 12.5. The minimum absolute atomic E-state index is 0.332. The number of nitrogens with one attached hydrogen (secondary N) is 1. The van der Waals surface area contributed by atoms with Crippen molar-refractivity contribution in [3.63, 3.8) is 0 Å². The van der Waals surface area contributed by atoms with E-state index in [2.05, 4.69) is 15.5 Å². The number of carbonyl (C=O) groups is 1. The molecule has 1 N–H and O–H groups in total. The van der Waals surface area contributed by atoms with Crippen LogP contribution in [0, 0.1) is 0 Å². The summed E-state index contributed by atoms with van der Waals surface area (Å²) in [6.45, 7) is 0. The number of thiophene rings is 1. The molecule has 156 valence electrons. The summed E-state index contributed by atoms with van der Waals surface area (Å²) in [7, 11) is 1.65. The lowest BCUT2D eigenvalue weighted by molar-refractivity contribution is 0.0959. The third-order valence-corrected chi connectivity index (χ3v) is 7.11. The van der Waals surface area contributed by atoms with Crippen molar-refractivity contribution in [2.45, 2.75) is 10.8 Å². The Labute approximate surface area is 193 Å². The third kappa shape index (κ3) is 5.07. The van der Waals surface area contributed by atoms with Gasteiger partial charge in [0.05, 0.1) is 23.4 Å². The molecule has 2 heterocycles. The molecule has 1 amide bonds. The third-order valence-electron chi connectivity index (χ3n) is 4.44.